The molecule has 1 unspecified atom stereocenters. The van der Waals surface area contributed by atoms with Crippen molar-refractivity contribution in [2.24, 2.45) is 11.7 Å². The van der Waals surface area contributed by atoms with Crippen LogP contribution in [0.25, 0.3) is 0 Å². The number of hydrogen-bond donors (Lipinski definition) is 2. The van der Waals surface area contributed by atoms with E-state index in [-0.39, 0.29) is 18.5 Å². The number of hydrogen-bond acceptors (Lipinski definition) is 5. The van der Waals surface area contributed by atoms with E-state index in [1.165, 1.54) is 16.2 Å². The molecule has 0 radical (unpaired) electrons. The number of rotatable bonds is 6. The summed E-state index contributed by atoms with van der Waals surface area (Å²) in [6.45, 7) is 2.02. The lowest BCUT2D eigenvalue weighted by molar-refractivity contribution is -0.137. The Hall–Kier alpha value is -1.47. The molecule has 1 saturated carbocycles. The molecule has 104 valence electrons. The second kappa shape index (κ2) is 5.66. The van der Waals surface area contributed by atoms with Gasteiger partial charge in [0.25, 0.3) is 5.91 Å². The van der Waals surface area contributed by atoms with Crippen molar-refractivity contribution in [3.63, 3.8) is 0 Å². The molecule has 1 aromatic rings. The highest BCUT2D eigenvalue weighted by Gasteiger charge is 2.29. The van der Waals surface area contributed by atoms with Crippen LogP contribution in [0.1, 0.15) is 41.3 Å². The van der Waals surface area contributed by atoms with E-state index in [1.807, 2.05) is 0 Å². The third-order valence-electron chi connectivity index (χ3n) is 2.92. The molecule has 1 heterocycles. The van der Waals surface area contributed by atoms with E-state index in [2.05, 4.69) is 4.98 Å². The summed E-state index contributed by atoms with van der Waals surface area (Å²) in [6, 6.07) is -0.220. The van der Waals surface area contributed by atoms with Crippen molar-refractivity contribution in [2.45, 2.75) is 25.8 Å². The Morgan fingerprint density at radius 2 is 2.32 bits per heavy atom. The van der Waals surface area contributed by atoms with Crippen molar-refractivity contribution in [3.8, 4) is 0 Å². The highest BCUT2D eigenvalue weighted by Crippen LogP contribution is 2.30. The Morgan fingerprint density at radius 1 is 1.63 bits per heavy atom. The predicted octanol–water partition coefficient (Wildman–Crippen LogP) is 1.10. The van der Waals surface area contributed by atoms with Crippen molar-refractivity contribution in [3.05, 3.63) is 16.1 Å². The van der Waals surface area contributed by atoms with Gasteiger partial charge in [0, 0.05) is 11.9 Å². The van der Waals surface area contributed by atoms with E-state index in [1.54, 1.807) is 12.3 Å². The molecule has 1 aliphatic carbocycles. The van der Waals surface area contributed by atoms with Crippen molar-refractivity contribution >= 4 is 23.2 Å². The maximum Gasteiger partial charge on any atom is 0.323 e. The first kappa shape index (κ1) is 14.0. The van der Waals surface area contributed by atoms with Gasteiger partial charge in [0.2, 0.25) is 0 Å². The Labute approximate surface area is 115 Å². The van der Waals surface area contributed by atoms with Crippen LogP contribution in [0.4, 0.5) is 0 Å². The average Bonchev–Trinajstić information content (AvgIpc) is 3.00. The monoisotopic (exact) mass is 283 g/mol. The third-order valence-corrected chi connectivity index (χ3v) is 3.97. The van der Waals surface area contributed by atoms with Gasteiger partial charge in [-0.3, -0.25) is 9.59 Å². The molecule has 1 aliphatic rings. The number of aromatic nitrogens is 1. The summed E-state index contributed by atoms with van der Waals surface area (Å²) in [5, 5.41) is 11.2. The minimum Gasteiger partial charge on any atom is -0.480 e. The van der Waals surface area contributed by atoms with E-state index < -0.39 is 5.97 Å². The van der Waals surface area contributed by atoms with Crippen LogP contribution in [0, 0.1) is 5.92 Å². The number of carbonyl (C=O) groups is 2. The van der Waals surface area contributed by atoms with E-state index in [9.17, 15) is 9.59 Å². The molecular formula is C12H17N3O3S. The average molecular weight is 283 g/mol. The van der Waals surface area contributed by atoms with Gasteiger partial charge < -0.3 is 15.7 Å². The number of nitrogens with zero attached hydrogens (tertiary/aromatic N) is 2. The lowest BCUT2D eigenvalue weighted by Gasteiger charge is -2.19. The van der Waals surface area contributed by atoms with E-state index in [0.29, 0.717) is 23.2 Å². The zero-order valence-corrected chi connectivity index (χ0v) is 11.5. The number of amides is 1. The second-order valence-electron chi connectivity index (χ2n) is 4.88. The van der Waals surface area contributed by atoms with Gasteiger partial charge in [-0.05, 0) is 25.7 Å². The highest BCUT2D eigenvalue weighted by molar-refractivity contribution is 7.09. The van der Waals surface area contributed by atoms with Gasteiger partial charge in [-0.2, -0.15) is 0 Å². The summed E-state index contributed by atoms with van der Waals surface area (Å²) in [5.41, 5.74) is 5.99. The fraction of sp³-hybridized carbons (Fsp3) is 0.583. The maximum absolute atomic E-state index is 12.2. The molecular weight excluding hydrogens is 266 g/mol. The van der Waals surface area contributed by atoms with Crippen molar-refractivity contribution in [1.82, 2.24) is 9.88 Å². The number of nitrogens with two attached hydrogens (primary N) is 1. The molecule has 0 saturated heterocycles. The molecule has 0 aliphatic heterocycles. The molecule has 0 spiro atoms. The van der Waals surface area contributed by atoms with Crippen LogP contribution in [0.3, 0.4) is 0 Å². The van der Waals surface area contributed by atoms with Crippen LogP contribution >= 0.6 is 11.3 Å². The van der Waals surface area contributed by atoms with E-state index >= 15 is 0 Å². The Bertz CT molecular complexity index is 482. The smallest absolute Gasteiger partial charge is 0.323 e. The largest absolute Gasteiger partial charge is 0.480 e. The van der Waals surface area contributed by atoms with E-state index in [0.717, 1.165) is 12.8 Å². The highest BCUT2D eigenvalue weighted by atomic mass is 32.1. The van der Waals surface area contributed by atoms with Crippen LogP contribution in [0.2, 0.25) is 0 Å². The lowest BCUT2D eigenvalue weighted by Crippen LogP contribution is -2.37. The van der Waals surface area contributed by atoms with Gasteiger partial charge in [0.05, 0.1) is 6.04 Å². The number of carboxylic acid groups (broad SMARTS) is 1. The number of thiazole rings is 1. The van der Waals surface area contributed by atoms with Gasteiger partial charge in [-0.15, -0.1) is 11.3 Å². The van der Waals surface area contributed by atoms with Crippen molar-refractivity contribution < 1.29 is 14.7 Å². The van der Waals surface area contributed by atoms with Crippen LogP contribution in [0.15, 0.2) is 5.38 Å². The molecule has 19 heavy (non-hydrogen) atoms. The summed E-state index contributed by atoms with van der Waals surface area (Å²) in [5.74, 6) is -0.885. The normalized spacial score (nSPS) is 16.1. The Kier molecular flexibility index (Phi) is 4.16. The standard InChI is InChI=1S/C12H17N3O3S/c1-7(13)11-14-9(6-19-11)12(18)15(5-10(16)17)4-8-2-3-8/h6-8H,2-5,13H2,1H3,(H,16,17). The fourth-order valence-corrected chi connectivity index (χ4v) is 2.50. The van der Waals surface area contributed by atoms with Crippen molar-refractivity contribution in [2.75, 3.05) is 13.1 Å². The van der Waals surface area contributed by atoms with Crippen LogP contribution in [0.5, 0.6) is 0 Å². The zero-order valence-electron chi connectivity index (χ0n) is 10.7. The number of carboxylic acids is 1. The van der Waals surface area contributed by atoms with Crippen LogP contribution in [-0.2, 0) is 4.79 Å². The van der Waals surface area contributed by atoms with Crippen molar-refractivity contribution in [1.29, 1.82) is 0 Å². The molecule has 0 aromatic carbocycles. The fourth-order valence-electron chi connectivity index (χ4n) is 1.75. The summed E-state index contributed by atoms with van der Waals surface area (Å²) in [6.07, 6.45) is 2.12. The molecule has 0 bridgehead atoms. The molecule has 7 heteroatoms. The maximum atomic E-state index is 12.2. The molecule has 1 aromatic heterocycles. The first-order chi connectivity index (χ1) is 8.97. The van der Waals surface area contributed by atoms with Gasteiger partial charge in [0.1, 0.15) is 17.2 Å². The molecule has 1 amide bonds. The molecule has 3 N–H and O–H groups in total. The summed E-state index contributed by atoms with van der Waals surface area (Å²) in [7, 11) is 0. The minimum absolute atomic E-state index is 0.220. The van der Waals surface area contributed by atoms with Gasteiger partial charge in [-0.25, -0.2) is 4.98 Å². The van der Waals surface area contributed by atoms with Gasteiger partial charge in [0.15, 0.2) is 0 Å². The Morgan fingerprint density at radius 3 is 2.79 bits per heavy atom. The third kappa shape index (κ3) is 3.74. The van der Waals surface area contributed by atoms with Crippen LogP contribution in [-0.4, -0.2) is 40.0 Å². The Balaban J connectivity index is 2.09. The van der Waals surface area contributed by atoms with Gasteiger partial charge >= 0.3 is 5.97 Å². The number of aliphatic carboxylic acids is 1. The molecule has 1 fully saturated rings. The topological polar surface area (TPSA) is 96.5 Å². The van der Waals surface area contributed by atoms with E-state index in [4.69, 9.17) is 10.8 Å². The molecule has 6 nitrogen and oxygen atoms in total. The summed E-state index contributed by atoms with van der Waals surface area (Å²) < 4.78 is 0. The molecule has 2 rings (SSSR count). The second-order valence-corrected chi connectivity index (χ2v) is 5.77. The SMILES string of the molecule is CC(N)c1nc(C(=O)N(CC(=O)O)CC2CC2)cs1. The summed E-state index contributed by atoms with van der Waals surface area (Å²) in [4.78, 5) is 28.6. The predicted molar refractivity (Wildman–Crippen MR) is 71.0 cm³/mol. The minimum atomic E-state index is -1.00. The first-order valence-electron chi connectivity index (χ1n) is 6.19. The summed E-state index contributed by atoms with van der Waals surface area (Å²) >= 11 is 1.33. The van der Waals surface area contributed by atoms with Crippen LogP contribution < -0.4 is 5.73 Å². The number of carbonyl (C=O) groups excluding carboxylic acids is 1. The first-order valence-corrected chi connectivity index (χ1v) is 7.07. The van der Waals surface area contributed by atoms with Gasteiger partial charge in [-0.1, -0.05) is 0 Å². The zero-order chi connectivity index (χ0) is 14.0. The quantitative estimate of drug-likeness (QED) is 0.815. The molecule has 1 atom stereocenters. The lowest BCUT2D eigenvalue weighted by atomic mass is 10.3.